The van der Waals surface area contributed by atoms with Gasteiger partial charge in [-0.3, -0.25) is 14.6 Å². The van der Waals surface area contributed by atoms with E-state index in [1.54, 1.807) is 30.9 Å². The zero-order chi connectivity index (χ0) is 31.9. The first-order valence-electron chi connectivity index (χ1n) is 13.7. The molecular weight excluding hydrogens is 585 g/mol. The van der Waals surface area contributed by atoms with E-state index < -0.39 is 40.5 Å². The summed E-state index contributed by atoms with van der Waals surface area (Å²) in [5.41, 5.74) is -2.56. The molecule has 2 amide bonds. The second kappa shape index (κ2) is 11.6. The first-order chi connectivity index (χ1) is 20.0. The van der Waals surface area contributed by atoms with E-state index >= 15 is 0 Å². The van der Waals surface area contributed by atoms with E-state index in [9.17, 15) is 27.9 Å². The fourth-order valence-corrected chi connectivity index (χ4v) is 6.07. The predicted molar refractivity (Wildman–Crippen MR) is 157 cm³/mol. The van der Waals surface area contributed by atoms with E-state index in [4.69, 9.17) is 22.2 Å². The summed E-state index contributed by atoms with van der Waals surface area (Å²) >= 11 is 5.63. The van der Waals surface area contributed by atoms with Gasteiger partial charge in [0.05, 0.1) is 23.0 Å². The summed E-state index contributed by atoms with van der Waals surface area (Å²) in [5, 5.41) is 18.5. The number of piperazine rings is 1. The Morgan fingerprint density at radius 1 is 1.19 bits per heavy atom. The van der Waals surface area contributed by atoms with Gasteiger partial charge in [-0.25, -0.2) is 9.78 Å². The van der Waals surface area contributed by atoms with Crippen LogP contribution in [0.25, 0.3) is 0 Å². The number of hydrogen-bond donors (Lipinski definition) is 1. The van der Waals surface area contributed by atoms with Crippen molar-refractivity contribution in [1.29, 1.82) is 5.26 Å². The third-order valence-electron chi connectivity index (χ3n) is 7.77. The molecule has 1 aromatic heterocycles. The SMILES string of the molecule is CCc1cc(N2C(=S)N(c3cnc(C#N)c(C(F)(F)F)c3)C(=O)C2(C)C)ccc1OCCN1CCN(C(=O)O)C(C)(C)C1. The number of hydrogen-bond acceptors (Lipinski definition) is 7. The molecule has 2 aliphatic heterocycles. The Hall–Kier alpha value is -3.96. The second-order valence-corrected chi connectivity index (χ2v) is 11.9. The van der Waals surface area contributed by atoms with Crippen molar-refractivity contribution in [3.63, 3.8) is 0 Å². The van der Waals surface area contributed by atoms with Crippen molar-refractivity contribution in [1.82, 2.24) is 14.8 Å². The lowest BCUT2D eigenvalue weighted by Crippen LogP contribution is -2.61. The molecule has 2 fully saturated rings. The molecule has 230 valence electrons. The number of nitriles is 1. The Kier molecular flexibility index (Phi) is 8.63. The predicted octanol–water partition coefficient (Wildman–Crippen LogP) is 4.90. The minimum Gasteiger partial charge on any atom is -0.492 e. The number of amides is 2. The monoisotopic (exact) mass is 618 g/mol. The molecule has 43 heavy (non-hydrogen) atoms. The Morgan fingerprint density at radius 2 is 1.88 bits per heavy atom. The van der Waals surface area contributed by atoms with Crippen molar-refractivity contribution in [2.45, 2.75) is 58.3 Å². The van der Waals surface area contributed by atoms with Crippen LogP contribution in [0.3, 0.4) is 0 Å². The van der Waals surface area contributed by atoms with Crippen molar-refractivity contribution < 1.29 is 32.6 Å². The molecule has 0 atom stereocenters. The lowest BCUT2D eigenvalue weighted by Gasteiger charge is -2.45. The minimum atomic E-state index is -4.84. The highest BCUT2D eigenvalue weighted by atomic mass is 32.1. The number of aromatic nitrogens is 1. The van der Waals surface area contributed by atoms with Crippen LogP contribution in [0.4, 0.5) is 29.3 Å². The van der Waals surface area contributed by atoms with E-state index in [0.717, 1.165) is 16.7 Å². The molecular formula is C29H33F3N6O4S. The second-order valence-electron chi connectivity index (χ2n) is 11.5. The number of benzene rings is 1. The molecule has 1 aromatic carbocycles. The molecule has 14 heteroatoms. The normalized spacial score (nSPS) is 18.6. The van der Waals surface area contributed by atoms with Gasteiger partial charge in [-0.1, -0.05) is 6.92 Å². The van der Waals surface area contributed by atoms with Crippen LogP contribution in [0, 0.1) is 11.3 Å². The van der Waals surface area contributed by atoms with E-state index in [2.05, 4.69) is 9.88 Å². The Bertz CT molecular complexity index is 1490. The Labute approximate surface area is 253 Å². The molecule has 0 aliphatic carbocycles. The van der Waals surface area contributed by atoms with Crippen molar-refractivity contribution in [3.8, 4) is 11.8 Å². The number of anilines is 2. The number of carboxylic acid groups (broad SMARTS) is 1. The third kappa shape index (κ3) is 6.09. The van der Waals surface area contributed by atoms with E-state index in [1.165, 1.54) is 11.0 Å². The third-order valence-corrected chi connectivity index (χ3v) is 8.14. The summed E-state index contributed by atoms with van der Waals surface area (Å²) in [6.45, 7) is 11.6. The summed E-state index contributed by atoms with van der Waals surface area (Å²) < 4.78 is 46.9. The highest BCUT2D eigenvalue weighted by molar-refractivity contribution is 7.81. The van der Waals surface area contributed by atoms with Gasteiger partial charge >= 0.3 is 12.3 Å². The number of ether oxygens (including phenoxy) is 1. The number of rotatable bonds is 7. The molecule has 0 spiro atoms. The molecule has 0 unspecified atom stereocenters. The summed E-state index contributed by atoms with van der Waals surface area (Å²) in [6.07, 6.45) is -4.14. The smallest absolute Gasteiger partial charge is 0.419 e. The van der Waals surface area contributed by atoms with Gasteiger partial charge in [0.2, 0.25) is 0 Å². The van der Waals surface area contributed by atoms with Crippen molar-refractivity contribution in [2.24, 2.45) is 0 Å². The molecule has 1 N–H and O–H groups in total. The fraction of sp³-hybridized carbons (Fsp3) is 0.483. The maximum Gasteiger partial charge on any atom is 0.419 e. The number of nitrogens with zero attached hydrogens (tertiary/aromatic N) is 6. The molecule has 2 aliphatic rings. The van der Waals surface area contributed by atoms with Crippen LogP contribution in [0.2, 0.25) is 0 Å². The van der Waals surface area contributed by atoms with Gasteiger partial charge in [0, 0.05) is 31.9 Å². The number of halogens is 3. The van der Waals surface area contributed by atoms with Crippen molar-refractivity contribution >= 4 is 40.7 Å². The van der Waals surface area contributed by atoms with Gasteiger partial charge in [0.15, 0.2) is 10.8 Å². The number of pyridine rings is 1. The number of thiocarbonyl (C=S) groups is 1. The van der Waals surface area contributed by atoms with Gasteiger partial charge in [-0.2, -0.15) is 18.4 Å². The summed E-state index contributed by atoms with van der Waals surface area (Å²) in [7, 11) is 0. The van der Waals surface area contributed by atoms with Crippen molar-refractivity contribution in [3.05, 3.63) is 47.3 Å². The minimum absolute atomic E-state index is 0.0199. The summed E-state index contributed by atoms with van der Waals surface area (Å²) in [6, 6.07) is 7.51. The lowest BCUT2D eigenvalue weighted by molar-refractivity contribution is -0.138. The first kappa shape index (κ1) is 32.0. The molecule has 0 radical (unpaired) electrons. The molecule has 4 rings (SSSR count). The van der Waals surface area contributed by atoms with Gasteiger partial charge in [0.1, 0.15) is 24.0 Å². The molecule has 3 heterocycles. The lowest BCUT2D eigenvalue weighted by atomic mass is 9.99. The van der Waals surface area contributed by atoms with Gasteiger partial charge < -0.3 is 19.6 Å². The van der Waals surface area contributed by atoms with Crippen LogP contribution < -0.4 is 14.5 Å². The van der Waals surface area contributed by atoms with E-state index in [-0.39, 0.29) is 10.8 Å². The number of carbonyl (C=O) groups is 2. The van der Waals surface area contributed by atoms with E-state index in [0.29, 0.717) is 56.7 Å². The number of carbonyl (C=O) groups excluding carboxylic acids is 1. The maximum atomic E-state index is 13.6. The van der Waals surface area contributed by atoms with Crippen LogP contribution in [0.15, 0.2) is 30.5 Å². The number of alkyl halides is 3. The van der Waals surface area contributed by atoms with E-state index in [1.807, 2.05) is 26.8 Å². The standard InChI is InChI=1S/C29H33F3N6O4S/c1-6-18-13-19(7-8-23(18)42-12-11-35-9-10-36(26(40)41)27(2,3)17-35)38-25(43)37(24(39)28(38,4)5)20-14-21(29(30,31)32)22(15-33)34-16-20/h7-8,13-14,16H,6,9-12,17H2,1-5H3,(H,40,41). The molecule has 2 aromatic rings. The topological polar surface area (TPSA) is 113 Å². The maximum absolute atomic E-state index is 13.6. The van der Waals surface area contributed by atoms with Crippen LogP contribution in [0.1, 0.15) is 51.4 Å². The molecule has 0 bridgehead atoms. The Balaban J connectivity index is 1.53. The zero-order valence-corrected chi connectivity index (χ0v) is 25.3. The van der Waals surface area contributed by atoms with Gasteiger partial charge in [-0.05, 0) is 76.2 Å². The van der Waals surface area contributed by atoms with Crippen LogP contribution in [0.5, 0.6) is 5.75 Å². The highest BCUT2D eigenvalue weighted by Crippen LogP contribution is 2.40. The molecule has 0 saturated carbocycles. The van der Waals surface area contributed by atoms with Gasteiger partial charge in [-0.15, -0.1) is 0 Å². The van der Waals surface area contributed by atoms with Crippen molar-refractivity contribution in [2.75, 3.05) is 42.6 Å². The van der Waals surface area contributed by atoms with Crippen LogP contribution in [-0.2, 0) is 17.4 Å². The van der Waals surface area contributed by atoms with Gasteiger partial charge in [0.25, 0.3) is 5.91 Å². The zero-order valence-electron chi connectivity index (χ0n) is 24.5. The van der Waals surface area contributed by atoms with Crippen LogP contribution >= 0.6 is 12.2 Å². The quantitative estimate of drug-likeness (QED) is 0.433. The molecule has 2 saturated heterocycles. The largest absolute Gasteiger partial charge is 0.492 e. The summed E-state index contributed by atoms with van der Waals surface area (Å²) in [5.74, 6) is 0.105. The average Bonchev–Trinajstić information content (AvgIpc) is 3.10. The summed E-state index contributed by atoms with van der Waals surface area (Å²) in [4.78, 5) is 34.9. The first-order valence-corrected chi connectivity index (χ1v) is 14.1. The molecule has 10 nitrogen and oxygen atoms in total. The Morgan fingerprint density at radius 3 is 2.47 bits per heavy atom. The van der Waals surface area contributed by atoms with Crippen LogP contribution in [-0.4, -0.2) is 80.9 Å². The highest BCUT2D eigenvalue weighted by Gasteiger charge is 2.51. The number of aryl methyl sites for hydroxylation is 1. The average molecular weight is 619 g/mol. The fourth-order valence-electron chi connectivity index (χ4n) is 5.55.